The van der Waals surface area contributed by atoms with Gasteiger partial charge in [0, 0.05) is 13.7 Å². The van der Waals surface area contributed by atoms with E-state index >= 15 is 0 Å². The summed E-state index contributed by atoms with van der Waals surface area (Å²) in [5, 5.41) is 11.3. The molecule has 20 heavy (non-hydrogen) atoms. The van der Waals surface area contributed by atoms with Gasteiger partial charge in [0.2, 0.25) is 5.91 Å². The van der Waals surface area contributed by atoms with Crippen molar-refractivity contribution in [1.29, 1.82) is 0 Å². The number of urea groups is 1. The number of primary amides is 1. The molecule has 1 fully saturated rings. The van der Waals surface area contributed by atoms with Crippen LogP contribution in [0.25, 0.3) is 0 Å². The molecule has 114 valence electrons. The van der Waals surface area contributed by atoms with Crippen molar-refractivity contribution in [2.24, 2.45) is 5.73 Å². The topological polar surface area (TPSA) is 122 Å². The molecule has 0 aromatic heterocycles. The lowest BCUT2D eigenvalue weighted by atomic mass is 9.95. The maximum absolute atomic E-state index is 12.0. The molecule has 4 N–H and O–H groups in total. The number of carboxylic acid groups (broad SMARTS) is 1. The van der Waals surface area contributed by atoms with E-state index in [1.165, 1.54) is 4.90 Å². The number of methoxy groups -OCH3 is 1. The summed E-state index contributed by atoms with van der Waals surface area (Å²) in [5.41, 5.74) is 4.53. The Morgan fingerprint density at radius 2 is 2.15 bits per heavy atom. The Morgan fingerprint density at radius 3 is 2.65 bits per heavy atom. The largest absolute Gasteiger partial charge is 0.480 e. The molecule has 3 amide bonds. The molecule has 0 bridgehead atoms. The minimum atomic E-state index is -1.31. The normalized spacial score (nSPS) is 24.0. The number of likely N-dealkylation sites (tertiary alicyclic amines) is 1. The number of amides is 3. The van der Waals surface area contributed by atoms with Crippen LogP contribution in [-0.4, -0.2) is 59.8 Å². The molecule has 0 saturated carbocycles. The fourth-order valence-electron chi connectivity index (χ4n) is 2.19. The van der Waals surface area contributed by atoms with Crippen LogP contribution >= 0.6 is 0 Å². The first-order valence-corrected chi connectivity index (χ1v) is 6.39. The van der Waals surface area contributed by atoms with E-state index in [0.717, 1.165) is 12.8 Å². The van der Waals surface area contributed by atoms with Crippen molar-refractivity contribution in [3.8, 4) is 0 Å². The summed E-state index contributed by atoms with van der Waals surface area (Å²) < 4.78 is 5.36. The number of nitrogens with two attached hydrogens (primary N) is 1. The molecule has 1 saturated heterocycles. The van der Waals surface area contributed by atoms with Gasteiger partial charge in [0.05, 0.1) is 18.6 Å². The van der Waals surface area contributed by atoms with Gasteiger partial charge >= 0.3 is 12.0 Å². The number of piperidine rings is 1. The Kier molecular flexibility index (Phi) is 5.32. The second kappa shape index (κ2) is 6.56. The number of aliphatic carboxylic acids is 1. The van der Waals surface area contributed by atoms with Crippen molar-refractivity contribution in [3.63, 3.8) is 0 Å². The summed E-state index contributed by atoms with van der Waals surface area (Å²) in [4.78, 5) is 35.3. The summed E-state index contributed by atoms with van der Waals surface area (Å²) >= 11 is 0. The summed E-state index contributed by atoms with van der Waals surface area (Å²) in [6.45, 7) is 2.79. The number of nitrogens with one attached hydrogen (secondary N) is 1. The molecular formula is C12H21N3O5. The van der Waals surface area contributed by atoms with E-state index in [-0.39, 0.29) is 0 Å². The molecule has 0 aromatic carbocycles. The van der Waals surface area contributed by atoms with Gasteiger partial charge in [0.15, 0.2) is 0 Å². The SMILES string of the molecule is COC1(C)CCCN(C(=O)NC(CC(N)=O)C(=O)O)C1. The lowest BCUT2D eigenvalue weighted by Gasteiger charge is -2.39. The highest BCUT2D eigenvalue weighted by atomic mass is 16.5. The molecule has 1 heterocycles. The minimum Gasteiger partial charge on any atom is -0.480 e. The zero-order valence-corrected chi connectivity index (χ0v) is 11.7. The molecule has 0 aromatic rings. The first-order valence-electron chi connectivity index (χ1n) is 6.39. The Bertz CT molecular complexity index is 401. The molecular weight excluding hydrogens is 266 g/mol. The average molecular weight is 287 g/mol. The maximum atomic E-state index is 12.0. The predicted molar refractivity (Wildman–Crippen MR) is 70.0 cm³/mol. The van der Waals surface area contributed by atoms with Crippen LogP contribution in [-0.2, 0) is 14.3 Å². The van der Waals surface area contributed by atoms with Crippen molar-refractivity contribution in [1.82, 2.24) is 10.2 Å². The fourth-order valence-corrected chi connectivity index (χ4v) is 2.19. The Labute approximate surface area is 117 Å². The first kappa shape index (κ1) is 16.2. The number of ether oxygens (including phenoxy) is 1. The van der Waals surface area contributed by atoms with Crippen molar-refractivity contribution < 1.29 is 24.2 Å². The third-order valence-corrected chi connectivity index (χ3v) is 3.44. The fraction of sp³-hybridized carbons (Fsp3) is 0.750. The summed E-state index contributed by atoms with van der Waals surface area (Å²) in [5.74, 6) is -2.07. The number of hydrogen-bond donors (Lipinski definition) is 3. The van der Waals surface area contributed by atoms with Gasteiger partial charge in [0.1, 0.15) is 6.04 Å². The quantitative estimate of drug-likeness (QED) is 0.630. The first-order chi connectivity index (χ1) is 9.27. The van der Waals surface area contributed by atoms with E-state index < -0.39 is 36.0 Å². The van der Waals surface area contributed by atoms with E-state index in [0.29, 0.717) is 13.1 Å². The Balaban J connectivity index is 2.64. The highest BCUT2D eigenvalue weighted by Crippen LogP contribution is 2.23. The van der Waals surface area contributed by atoms with Gasteiger partial charge in [-0.2, -0.15) is 0 Å². The van der Waals surface area contributed by atoms with Crippen LogP contribution in [0.1, 0.15) is 26.2 Å². The maximum Gasteiger partial charge on any atom is 0.326 e. The van der Waals surface area contributed by atoms with Gasteiger partial charge < -0.3 is 25.8 Å². The molecule has 0 aliphatic carbocycles. The lowest BCUT2D eigenvalue weighted by Crippen LogP contribution is -2.55. The van der Waals surface area contributed by atoms with Gasteiger partial charge in [-0.25, -0.2) is 9.59 Å². The van der Waals surface area contributed by atoms with E-state index in [1.807, 2.05) is 6.92 Å². The van der Waals surface area contributed by atoms with Crippen LogP contribution in [0.2, 0.25) is 0 Å². The zero-order valence-electron chi connectivity index (χ0n) is 11.7. The standard InChI is InChI=1S/C12H21N3O5/c1-12(20-2)4-3-5-15(7-12)11(19)14-8(10(17)18)6-9(13)16/h8H,3-7H2,1-2H3,(H2,13,16)(H,14,19)(H,17,18). The van der Waals surface area contributed by atoms with E-state index in [2.05, 4.69) is 5.32 Å². The van der Waals surface area contributed by atoms with Gasteiger partial charge in [-0.3, -0.25) is 4.79 Å². The van der Waals surface area contributed by atoms with Gasteiger partial charge in [-0.1, -0.05) is 0 Å². The van der Waals surface area contributed by atoms with Crippen LogP contribution < -0.4 is 11.1 Å². The van der Waals surface area contributed by atoms with E-state index in [9.17, 15) is 14.4 Å². The predicted octanol–water partition coefficient (Wildman–Crippen LogP) is -0.474. The minimum absolute atomic E-state index is 0.373. The van der Waals surface area contributed by atoms with Gasteiger partial charge in [-0.15, -0.1) is 0 Å². The molecule has 1 aliphatic heterocycles. The number of carboxylic acids is 1. The molecule has 8 heteroatoms. The van der Waals surface area contributed by atoms with Crippen molar-refractivity contribution in [2.75, 3.05) is 20.2 Å². The summed E-state index contributed by atoms with van der Waals surface area (Å²) in [6, 6.07) is -1.84. The summed E-state index contributed by atoms with van der Waals surface area (Å²) in [6.07, 6.45) is 1.17. The molecule has 0 spiro atoms. The van der Waals surface area contributed by atoms with Gasteiger partial charge in [0.25, 0.3) is 0 Å². The summed E-state index contributed by atoms with van der Waals surface area (Å²) in [7, 11) is 1.58. The molecule has 8 nitrogen and oxygen atoms in total. The average Bonchev–Trinajstić information content (AvgIpc) is 2.37. The molecule has 1 rings (SSSR count). The number of carbonyl (C=O) groups excluding carboxylic acids is 2. The van der Waals surface area contributed by atoms with Crippen LogP contribution in [0.5, 0.6) is 0 Å². The number of carbonyl (C=O) groups is 3. The van der Waals surface area contributed by atoms with E-state index in [4.69, 9.17) is 15.6 Å². The molecule has 2 atom stereocenters. The van der Waals surface area contributed by atoms with Crippen LogP contribution in [0, 0.1) is 0 Å². The molecule has 0 radical (unpaired) electrons. The Morgan fingerprint density at radius 1 is 1.50 bits per heavy atom. The second-order valence-corrected chi connectivity index (χ2v) is 5.19. The Hall–Kier alpha value is -1.83. The highest BCUT2D eigenvalue weighted by molar-refractivity contribution is 5.87. The van der Waals surface area contributed by atoms with Crippen molar-refractivity contribution in [2.45, 2.75) is 37.8 Å². The van der Waals surface area contributed by atoms with Gasteiger partial charge in [-0.05, 0) is 19.8 Å². The highest BCUT2D eigenvalue weighted by Gasteiger charge is 2.34. The monoisotopic (exact) mass is 287 g/mol. The zero-order chi connectivity index (χ0) is 15.3. The van der Waals surface area contributed by atoms with Crippen LogP contribution in [0.4, 0.5) is 4.79 Å². The number of nitrogens with zero attached hydrogens (tertiary/aromatic N) is 1. The molecule has 2 unspecified atom stereocenters. The number of rotatable bonds is 5. The van der Waals surface area contributed by atoms with Crippen molar-refractivity contribution >= 4 is 17.9 Å². The smallest absolute Gasteiger partial charge is 0.326 e. The third kappa shape index (κ3) is 4.37. The second-order valence-electron chi connectivity index (χ2n) is 5.19. The van der Waals surface area contributed by atoms with Crippen LogP contribution in [0.15, 0.2) is 0 Å². The van der Waals surface area contributed by atoms with Crippen molar-refractivity contribution in [3.05, 3.63) is 0 Å². The molecule has 1 aliphatic rings. The number of hydrogen-bond acceptors (Lipinski definition) is 4. The van der Waals surface area contributed by atoms with E-state index in [1.54, 1.807) is 7.11 Å². The lowest BCUT2D eigenvalue weighted by molar-refractivity contribution is -0.141. The van der Waals surface area contributed by atoms with Crippen LogP contribution in [0.3, 0.4) is 0 Å². The third-order valence-electron chi connectivity index (χ3n) is 3.44.